The van der Waals surface area contributed by atoms with Gasteiger partial charge in [0.05, 0.1) is 18.6 Å². The molecule has 0 aliphatic heterocycles. The third-order valence-electron chi connectivity index (χ3n) is 2.07. The van der Waals surface area contributed by atoms with Gasteiger partial charge in [0.2, 0.25) is 0 Å². The highest BCUT2D eigenvalue weighted by Gasteiger charge is 1.99. The molecule has 4 heteroatoms. The van der Waals surface area contributed by atoms with Crippen LogP contribution in [0, 0.1) is 5.82 Å². The van der Waals surface area contributed by atoms with Gasteiger partial charge in [-0.1, -0.05) is 12.1 Å². The van der Waals surface area contributed by atoms with Gasteiger partial charge in [0.25, 0.3) is 0 Å². The Hall–Kier alpha value is -1.35. The second-order valence-electron chi connectivity index (χ2n) is 3.31. The molecule has 15 heavy (non-hydrogen) atoms. The Bertz CT molecular complexity index is 453. The minimum absolute atomic E-state index is 0.225. The van der Waals surface area contributed by atoms with Gasteiger partial charge >= 0.3 is 0 Å². The van der Waals surface area contributed by atoms with Crippen LogP contribution in [0.1, 0.15) is 11.1 Å². The van der Waals surface area contributed by atoms with Gasteiger partial charge in [-0.3, -0.25) is 4.68 Å². The Morgan fingerprint density at radius 2 is 2.20 bits per heavy atom. The van der Waals surface area contributed by atoms with E-state index in [2.05, 4.69) is 5.10 Å². The zero-order chi connectivity index (χ0) is 10.7. The Morgan fingerprint density at radius 3 is 2.87 bits per heavy atom. The van der Waals surface area contributed by atoms with Gasteiger partial charge in [0.1, 0.15) is 5.82 Å². The predicted octanol–water partition coefficient (Wildman–Crippen LogP) is 2.81. The van der Waals surface area contributed by atoms with Crippen LogP contribution < -0.4 is 0 Å². The zero-order valence-electron chi connectivity index (χ0n) is 8.03. The van der Waals surface area contributed by atoms with Crippen molar-refractivity contribution in [3.05, 3.63) is 53.6 Å². The first-order valence-corrected chi connectivity index (χ1v) is 5.13. The lowest BCUT2D eigenvalue weighted by Crippen LogP contribution is -1.99. The van der Waals surface area contributed by atoms with Crippen LogP contribution in [-0.2, 0) is 12.4 Å². The quantitative estimate of drug-likeness (QED) is 0.734. The van der Waals surface area contributed by atoms with Crippen LogP contribution in [0.25, 0.3) is 0 Å². The summed E-state index contributed by atoms with van der Waals surface area (Å²) in [6.07, 6.45) is 3.57. The van der Waals surface area contributed by atoms with E-state index < -0.39 is 0 Å². The van der Waals surface area contributed by atoms with Crippen LogP contribution in [0.15, 0.2) is 36.7 Å². The monoisotopic (exact) mass is 224 g/mol. The summed E-state index contributed by atoms with van der Waals surface area (Å²) in [6.45, 7) is 0.564. The lowest BCUT2D eigenvalue weighted by molar-refractivity contribution is 0.619. The summed E-state index contributed by atoms with van der Waals surface area (Å²) >= 11 is 5.66. The molecule has 0 atom stereocenters. The van der Waals surface area contributed by atoms with Crippen molar-refractivity contribution < 1.29 is 4.39 Å². The Morgan fingerprint density at radius 1 is 1.33 bits per heavy atom. The molecule has 0 spiro atoms. The van der Waals surface area contributed by atoms with Crippen molar-refractivity contribution in [3.8, 4) is 0 Å². The molecule has 1 aromatic carbocycles. The van der Waals surface area contributed by atoms with Crippen LogP contribution >= 0.6 is 11.6 Å². The van der Waals surface area contributed by atoms with Gasteiger partial charge in [-0.2, -0.15) is 5.10 Å². The van der Waals surface area contributed by atoms with Gasteiger partial charge in [-0.25, -0.2) is 4.39 Å². The summed E-state index contributed by atoms with van der Waals surface area (Å²) < 4.78 is 14.6. The second-order valence-corrected chi connectivity index (χ2v) is 3.58. The van der Waals surface area contributed by atoms with Crippen molar-refractivity contribution in [1.29, 1.82) is 0 Å². The van der Waals surface area contributed by atoms with Crippen molar-refractivity contribution >= 4 is 11.6 Å². The van der Waals surface area contributed by atoms with Gasteiger partial charge in [0, 0.05) is 11.8 Å². The third-order valence-corrected chi connectivity index (χ3v) is 2.38. The summed E-state index contributed by atoms with van der Waals surface area (Å²) in [4.78, 5) is 0. The fourth-order valence-electron chi connectivity index (χ4n) is 1.38. The molecule has 0 unspecified atom stereocenters. The molecule has 0 aliphatic rings. The first-order valence-electron chi connectivity index (χ1n) is 4.59. The van der Waals surface area contributed by atoms with Crippen molar-refractivity contribution in [3.63, 3.8) is 0 Å². The summed E-state index contributed by atoms with van der Waals surface area (Å²) in [7, 11) is 0. The molecule has 0 saturated carbocycles. The normalized spacial score (nSPS) is 10.5. The predicted molar refractivity (Wildman–Crippen MR) is 57.3 cm³/mol. The summed E-state index contributed by atoms with van der Waals surface area (Å²) in [5, 5.41) is 4.12. The highest BCUT2D eigenvalue weighted by atomic mass is 35.5. The fraction of sp³-hybridized carbons (Fsp3) is 0.182. The molecule has 2 rings (SSSR count). The van der Waals surface area contributed by atoms with Crippen molar-refractivity contribution in [2.75, 3.05) is 0 Å². The minimum Gasteiger partial charge on any atom is -0.268 e. The van der Waals surface area contributed by atoms with E-state index >= 15 is 0 Å². The number of hydrogen-bond acceptors (Lipinski definition) is 1. The molecule has 0 saturated heterocycles. The average Bonchev–Trinajstić information content (AvgIpc) is 2.65. The standard InChI is InChI=1S/C11H10ClFN2/c12-5-10-6-14-15(8-10)7-9-2-1-3-11(13)4-9/h1-4,6,8H,5,7H2. The van der Waals surface area contributed by atoms with E-state index in [-0.39, 0.29) is 5.82 Å². The molecule has 78 valence electrons. The molecule has 0 N–H and O–H groups in total. The molecular formula is C11H10ClFN2. The van der Waals surface area contributed by atoms with Gasteiger partial charge in [-0.05, 0) is 17.7 Å². The summed E-state index contributed by atoms with van der Waals surface area (Å²) in [5.41, 5.74) is 1.85. The lowest BCUT2D eigenvalue weighted by Gasteiger charge is -2.01. The van der Waals surface area contributed by atoms with Crippen LogP contribution in [0.5, 0.6) is 0 Å². The summed E-state index contributed by atoms with van der Waals surface area (Å²) in [5.74, 6) is 0.223. The first-order chi connectivity index (χ1) is 7.28. The molecule has 0 radical (unpaired) electrons. The van der Waals surface area contributed by atoms with E-state index in [1.165, 1.54) is 12.1 Å². The van der Waals surface area contributed by atoms with E-state index in [0.717, 1.165) is 11.1 Å². The number of nitrogens with zero attached hydrogens (tertiary/aromatic N) is 2. The first kappa shape index (κ1) is 10.2. The van der Waals surface area contributed by atoms with Crippen molar-refractivity contribution in [1.82, 2.24) is 9.78 Å². The van der Waals surface area contributed by atoms with E-state index in [1.807, 2.05) is 12.3 Å². The molecule has 0 bridgehead atoms. The van der Waals surface area contributed by atoms with E-state index in [9.17, 15) is 4.39 Å². The molecule has 0 aliphatic carbocycles. The highest BCUT2D eigenvalue weighted by molar-refractivity contribution is 6.17. The summed E-state index contributed by atoms with van der Waals surface area (Å²) in [6, 6.07) is 6.49. The highest BCUT2D eigenvalue weighted by Crippen LogP contribution is 2.07. The zero-order valence-corrected chi connectivity index (χ0v) is 8.78. The average molecular weight is 225 g/mol. The molecule has 0 amide bonds. The fourth-order valence-corrected chi connectivity index (χ4v) is 1.52. The molecule has 0 fully saturated rings. The largest absolute Gasteiger partial charge is 0.268 e. The second kappa shape index (κ2) is 4.45. The van der Waals surface area contributed by atoms with Crippen LogP contribution in [-0.4, -0.2) is 9.78 Å². The molecule has 2 nitrogen and oxygen atoms in total. The van der Waals surface area contributed by atoms with Crippen LogP contribution in [0.4, 0.5) is 4.39 Å². The SMILES string of the molecule is Fc1cccc(Cn2cc(CCl)cn2)c1. The maximum Gasteiger partial charge on any atom is 0.123 e. The smallest absolute Gasteiger partial charge is 0.123 e. The van der Waals surface area contributed by atoms with Crippen LogP contribution in [0.3, 0.4) is 0 Å². The number of hydrogen-bond donors (Lipinski definition) is 0. The van der Waals surface area contributed by atoms with E-state index in [4.69, 9.17) is 11.6 Å². The topological polar surface area (TPSA) is 17.8 Å². The maximum absolute atomic E-state index is 12.9. The number of halogens is 2. The number of aromatic nitrogens is 2. The van der Waals surface area contributed by atoms with E-state index in [0.29, 0.717) is 12.4 Å². The third kappa shape index (κ3) is 2.57. The van der Waals surface area contributed by atoms with Gasteiger partial charge in [-0.15, -0.1) is 11.6 Å². The molecule has 1 heterocycles. The molecule has 1 aromatic heterocycles. The van der Waals surface area contributed by atoms with Crippen molar-refractivity contribution in [2.45, 2.75) is 12.4 Å². The minimum atomic E-state index is -0.225. The van der Waals surface area contributed by atoms with Crippen LogP contribution in [0.2, 0.25) is 0 Å². The number of benzene rings is 1. The van der Waals surface area contributed by atoms with E-state index in [1.54, 1.807) is 16.9 Å². The molecule has 2 aromatic rings. The van der Waals surface area contributed by atoms with Crippen molar-refractivity contribution in [2.24, 2.45) is 0 Å². The molecular weight excluding hydrogens is 215 g/mol. The Kier molecular flexibility index (Phi) is 3.02. The lowest BCUT2D eigenvalue weighted by atomic mass is 10.2. The Labute approximate surface area is 92.3 Å². The van der Waals surface area contributed by atoms with Gasteiger partial charge in [0.15, 0.2) is 0 Å². The Balaban J connectivity index is 2.14. The number of alkyl halides is 1. The van der Waals surface area contributed by atoms with Gasteiger partial charge < -0.3 is 0 Å². The maximum atomic E-state index is 12.9. The number of rotatable bonds is 3.